The van der Waals surface area contributed by atoms with Gasteiger partial charge in [0.15, 0.2) is 0 Å². The second-order valence-electron chi connectivity index (χ2n) is 8.69. The van der Waals surface area contributed by atoms with E-state index in [1.807, 2.05) is 6.92 Å². The molecule has 1 N–H and O–H groups in total. The summed E-state index contributed by atoms with van der Waals surface area (Å²) >= 11 is 0. The predicted molar refractivity (Wildman–Crippen MR) is 146 cm³/mol. The van der Waals surface area contributed by atoms with Crippen LogP contribution in [0.5, 0.6) is 11.5 Å². The highest BCUT2D eigenvalue weighted by Crippen LogP contribution is 2.28. The van der Waals surface area contributed by atoms with Crippen molar-refractivity contribution in [1.29, 1.82) is 0 Å². The van der Waals surface area contributed by atoms with E-state index >= 15 is 0 Å². The Labute approximate surface area is 224 Å². The third-order valence-corrected chi connectivity index (χ3v) is 7.94. The van der Waals surface area contributed by atoms with Crippen LogP contribution in [0.25, 0.3) is 0 Å². The van der Waals surface area contributed by atoms with Crippen LogP contribution in [-0.2, 0) is 26.2 Å². The molecular formula is C28H33N3O6S. The number of ether oxygens (including phenoxy) is 2. The highest BCUT2D eigenvalue weighted by atomic mass is 32.2. The molecule has 0 heterocycles. The molecule has 10 heteroatoms. The van der Waals surface area contributed by atoms with Crippen molar-refractivity contribution in [3.63, 3.8) is 0 Å². The first-order valence-corrected chi connectivity index (χ1v) is 13.4. The van der Waals surface area contributed by atoms with Crippen molar-refractivity contribution < 1.29 is 27.5 Å². The first-order valence-electron chi connectivity index (χ1n) is 12.0. The van der Waals surface area contributed by atoms with Gasteiger partial charge in [-0.3, -0.25) is 13.9 Å². The van der Waals surface area contributed by atoms with Gasteiger partial charge in [0.25, 0.3) is 10.0 Å². The maximum absolute atomic E-state index is 13.8. The average molecular weight is 540 g/mol. The summed E-state index contributed by atoms with van der Waals surface area (Å²) in [6.45, 7) is 3.02. The Morgan fingerprint density at radius 2 is 1.55 bits per heavy atom. The van der Waals surface area contributed by atoms with Crippen molar-refractivity contribution in [1.82, 2.24) is 10.2 Å². The first-order chi connectivity index (χ1) is 18.1. The van der Waals surface area contributed by atoms with Gasteiger partial charge in [-0.1, -0.05) is 35.9 Å². The topological polar surface area (TPSA) is 105 Å². The number of anilines is 1. The number of rotatable bonds is 11. The van der Waals surface area contributed by atoms with Crippen molar-refractivity contribution >= 4 is 27.5 Å². The van der Waals surface area contributed by atoms with Gasteiger partial charge in [0.1, 0.15) is 24.1 Å². The maximum atomic E-state index is 13.8. The summed E-state index contributed by atoms with van der Waals surface area (Å²) in [5, 5.41) is 2.56. The van der Waals surface area contributed by atoms with Crippen molar-refractivity contribution in [3.05, 3.63) is 83.9 Å². The number of nitrogens with one attached hydrogen (secondary N) is 1. The fourth-order valence-corrected chi connectivity index (χ4v) is 5.26. The number of hydrogen-bond donors (Lipinski definition) is 1. The monoisotopic (exact) mass is 539 g/mol. The number of likely N-dealkylation sites (N-methyl/N-ethyl adjacent to an activating group) is 1. The summed E-state index contributed by atoms with van der Waals surface area (Å²) in [6, 6.07) is 19.1. The largest absolute Gasteiger partial charge is 0.497 e. The number of hydrogen-bond acceptors (Lipinski definition) is 6. The summed E-state index contributed by atoms with van der Waals surface area (Å²) in [6.07, 6.45) is 0. The summed E-state index contributed by atoms with van der Waals surface area (Å²) in [4.78, 5) is 27.8. The van der Waals surface area contributed by atoms with Crippen LogP contribution < -0.4 is 19.1 Å². The molecule has 0 spiro atoms. The van der Waals surface area contributed by atoms with Gasteiger partial charge in [-0.15, -0.1) is 0 Å². The summed E-state index contributed by atoms with van der Waals surface area (Å²) in [5.41, 5.74) is 1.91. The zero-order chi connectivity index (χ0) is 27.9. The molecule has 3 aromatic rings. The van der Waals surface area contributed by atoms with Crippen LogP contribution in [0.15, 0.2) is 77.7 Å². The molecule has 0 saturated carbocycles. The van der Waals surface area contributed by atoms with E-state index in [1.54, 1.807) is 74.7 Å². The smallest absolute Gasteiger partial charge is 0.264 e. The van der Waals surface area contributed by atoms with Gasteiger partial charge in [-0.2, -0.15) is 0 Å². The van der Waals surface area contributed by atoms with Crippen LogP contribution >= 0.6 is 0 Å². The standard InChI is InChI=1S/C28H33N3O6S/c1-20-9-15-26(16-10-20)38(34,35)31(23-7-6-8-25(17-23)37-5)19-27(32)30(21(2)28(33)29-3)18-22-11-13-24(36-4)14-12-22/h6-17,21H,18-19H2,1-5H3,(H,29,33)/t21-/m1/s1. The number of carbonyl (C=O) groups excluding carboxylic acids is 2. The molecule has 0 aromatic heterocycles. The minimum absolute atomic E-state index is 0.0415. The van der Waals surface area contributed by atoms with E-state index in [9.17, 15) is 18.0 Å². The van der Waals surface area contributed by atoms with E-state index in [2.05, 4.69) is 5.32 Å². The highest BCUT2D eigenvalue weighted by Gasteiger charge is 2.32. The molecule has 3 rings (SSSR count). The van der Waals surface area contributed by atoms with E-state index in [0.717, 1.165) is 15.4 Å². The lowest BCUT2D eigenvalue weighted by Gasteiger charge is -2.32. The zero-order valence-corrected chi connectivity index (χ0v) is 23.0. The van der Waals surface area contributed by atoms with Crippen LogP contribution in [0.1, 0.15) is 18.1 Å². The zero-order valence-electron chi connectivity index (χ0n) is 22.2. The Morgan fingerprint density at radius 1 is 0.921 bits per heavy atom. The molecule has 0 bridgehead atoms. The molecular weight excluding hydrogens is 506 g/mol. The van der Waals surface area contributed by atoms with Crippen molar-refractivity contribution in [2.24, 2.45) is 0 Å². The SMILES string of the molecule is CNC(=O)[C@@H](C)N(Cc1ccc(OC)cc1)C(=O)CN(c1cccc(OC)c1)S(=O)(=O)c1ccc(C)cc1. The van der Waals surface area contributed by atoms with E-state index < -0.39 is 28.5 Å². The fraction of sp³-hybridized carbons (Fsp3) is 0.286. The molecule has 0 fully saturated rings. The Hall–Kier alpha value is -4.05. The minimum atomic E-state index is -4.14. The Kier molecular flexibility index (Phi) is 9.35. The quantitative estimate of drug-likeness (QED) is 0.401. The number of nitrogens with zero attached hydrogens (tertiary/aromatic N) is 2. The summed E-state index contributed by atoms with van der Waals surface area (Å²) in [7, 11) is 0.373. The minimum Gasteiger partial charge on any atom is -0.497 e. The molecule has 0 aliphatic carbocycles. The van der Waals surface area contributed by atoms with Gasteiger partial charge >= 0.3 is 0 Å². The number of aryl methyl sites for hydroxylation is 1. The molecule has 0 radical (unpaired) electrons. The number of methoxy groups -OCH3 is 2. The van der Waals surface area contributed by atoms with E-state index in [4.69, 9.17) is 9.47 Å². The van der Waals surface area contributed by atoms with Gasteiger partial charge < -0.3 is 19.7 Å². The van der Waals surface area contributed by atoms with Crippen LogP contribution in [-0.4, -0.2) is 59.0 Å². The van der Waals surface area contributed by atoms with Crippen LogP contribution in [0.3, 0.4) is 0 Å². The van der Waals surface area contributed by atoms with Crippen molar-refractivity contribution in [2.45, 2.75) is 31.3 Å². The van der Waals surface area contributed by atoms with Gasteiger partial charge in [0.05, 0.1) is 24.8 Å². The van der Waals surface area contributed by atoms with E-state index in [-0.39, 0.29) is 23.0 Å². The van der Waals surface area contributed by atoms with Crippen molar-refractivity contribution in [3.8, 4) is 11.5 Å². The normalized spacial score (nSPS) is 11.8. The summed E-state index contributed by atoms with van der Waals surface area (Å²) < 4.78 is 39.2. The molecule has 0 saturated heterocycles. The average Bonchev–Trinajstić information content (AvgIpc) is 2.94. The Morgan fingerprint density at radius 3 is 2.13 bits per heavy atom. The Bertz CT molecular complexity index is 1360. The van der Waals surface area contributed by atoms with E-state index in [0.29, 0.717) is 11.5 Å². The lowest BCUT2D eigenvalue weighted by molar-refractivity contribution is -0.139. The van der Waals surface area contributed by atoms with Crippen LogP contribution in [0, 0.1) is 6.92 Å². The van der Waals surface area contributed by atoms with Gasteiger partial charge in [-0.25, -0.2) is 8.42 Å². The van der Waals surface area contributed by atoms with Crippen LogP contribution in [0.2, 0.25) is 0 Å². The number of benzene rings is 3. The molecule has 202 valence electrons. The fourth-order valence-electron chi connectivity index (χ4n) is 3.85. The van der Waals surface area contributed by atoms with Crippen molar-refractivity contribution in [2.75, 3.05) is 32.1 Å². The van der Waals surface area contributed by atoms with Gasteiger partial charge in [-0.05, 0) is 55.8 Å². The molecule has 0 unspecified atom stereocenters. The summed E-state index contributed by atoms with van der Waals surface area (Å²) in [5.74, 6) is 0.170. The highest BCUT2D eigenvalue weighted by molar-refractivity contribution is 7.92. The molecule has 38 heavy (non-hydrogen) atoms. The van der Waals surface area contributed by atoms with Gasteiger partial charge in [0.2, 0.25) is 11.8 Å². The number of amides is 2. The third-order valence-electron chi connectivity index (χ3n) is 6.15. The lowest BCUT2D eigenvalue weighted by Crippen LogP contribution is -2.50. The second-order valence-corrected chi connectivity index (χ2v) is 10.5. The predicted octanol–water partition coefficient (Wildman–Crippen LogP) is 3.37. The van der Waals surface area contributed by atoms with Crippen LogP contribution in [0.4, 0.5) is 5.69 Å². The molecule has 9 nitrogen and oxygen atoms in total. The molecule has 3 aromatic carbocycles. The molecule has 0 aliphatic heterocycles. The molecule has 2 amide bonds. The van der Waals surface area contributed by atoms with Gasteiger partial charge in [0, 0.05) is 19.7 Å². The Balaban J connectivity index is 2.03. The second kappa shape index (κ2) is 12.5. The van der Waals surface area contributed by atoms with E-state index in [1.165, 1.54) is 31.2 Å². The number of sulfonamides is 1. The lowest BCUT2D eigenvalue weighted by atomic mass is 10.1. The molecule has 1 atom stereocenters. The maximum Gasteiger partial charge on any atom is 0.264 e. The molecule has 0 aliphatic rings. The first kappa shape index (κ1) is 28.5. The number of carbonyl (C=O) groups is 2. The third kappa shape index (κ3) is 6.63.